The zero-order chi connectivity index (χ0) is 78.6. The normalized spacial score (nSPS) is 12.5. The van der Waals surface area contributed by atoms with E-state index in [0.717, 1.165) is 27.8 Å². The van der Waals surface area contributed by atoms with Gasteiger partial charge in [0.05, 0.1) is 64.8 Å². The van der Waals surface area contributed by atoms with Crippen molar-refractivity contribution in [1.82, 2.24) is 19.9 Å². The van der Waals surface area contributed by atoms with Gasteiger partial charge in [0.2, 0.25) is 0 Å². The van der Waals surface area contributed by atoms with Gasteiger partial charge in [-0.15, -0.1) is 9.05 Å². The van der Waals surface area contributed by atoms with Crippen molar-refractivity contribution in [3.63, 3.8) is 0 Å². The summed E-state index contributed by atoms with van der Waals surface area (Å²) in [6.07, 6.45) is 9.20. The standard InChI is InChI=1S/2C21H19ClN3O3P.2C11H10ClN2O3P.C10H8IN/c2*1-12-9-14(5-4-8-23)11-15(10-12)29(27,28-3)20-18-13(2)16(22)6-7-17(18)25-19(20)21(24)26;2*1-5-6(12)3-4-7-8(5)10(18(16)17-2)9(14-7)11(13)15;1-8-5-9(3-2-4-12)7-10(11)6-8/h2*4-7,9-11,25H,1-3H3,(H2,24,26);2*3-4H,1-2H3,(H2-,13,14,15,16);2-3,5-7H,1H3/p+2/b2*5-4+;;;3-2+/t2*29-;;;/m10.../s1. The molecule has 106 heavy (non-hydrogen) atoms. The number of carbonyl (C=O) groups is 4. The monoisotopic (exact) mass is 1690 g/mol. The Morgan fingerprint density at radius 2 is 0.708 bits per heavy atom. The molecule has 4 heterocycles. The summed E-state index contributed by atoms with van der Waals surface area (Å²) in [5.41, 5.74) is 32.6. The number of amides is 4. The number of nitriles is 3. The van der Waals surface area contributed by atoms with E-state index in [0.29, 0.717) is 96.6 Å². The van der Waals surface area contributed by atoms with Gasteiger partial charge in [-0.25, -0.2) is 0 Å². The molecule has 0 saturated heterocycles. The number of H-pyrrole nitrogens is 4. The molecule has 544 valence electrons. The Kier molecular flexibility index (Phi) is 28.7. The van der Waals surface area contributed by atoms with Crippen LogP contribution >= 0.6 is 99.8 Å². The number of nitrogens with one attached hydrogen (secondary N) is 4. The number of rotatable bonds is 17. The Morgan fingerprint density at radius 3 is 0.981 bits per heavy atom. The average Bonchev–Trinajstić information content (AvgIpc) is 1.58. The first-order valence-corrected chi connectivity index (χ1v) is 39.3. The fourth-order valence-corrected chi connectivity index (χ4v) is 19.8. The second kappa shape index (κ2) is 36.3. The second-order valence-electron chi connectivity index (χ2n) is 23.2. The number of hydrogen-bond acceptors (Lipinski definition) is 15. The number of aromatic amines is 4. The highest BCUT2D eigenvalue weighted by Crippen LogP contribution is 2.50. The maximum Gasteiger partial charge on any atom is 0.551 e. The van der Waals surface area contributed by atoms with Gasteiger partial charge in [-0.2, -0.15) is 15.8 Å². The molecule has 4 amide bonds. The minimum Gasteiger partial charge on any atom is -0.364 e. The van der Waals surface area contributed by atoms with Gasteiger partial charge in [-0.3, -0.25) is 28.3 Å². The lowest BCUT2D eigenvalue weighted by Gasteiger charge is -2.19. The molecule has 0 saturated carbocycles. The third kappa shape index (κ3) is 18.4. The Bertz CT molecular complexity index is 5410. The molecule has 12 N–H and O–H groups in total. The molecule has 11 rings (SSSR count). The number of primary amides is 4. The van der Waals surface area contributed by atoms with E-state index in [2.05, 4.69) is 54.7 Å². The summed E-state index contributed by atoms with van der Waals surface area (Å²) in [4.78, 5) is 58.8. The lowest BCUT2D eigenvalue weighted by atomic mass is 10.1. The number of aromatic nitrogens is 4. The molecule has 2 unspecified atom stereocenters. The molecule has 0 aliphatic carbocycles. The Labute approximate surface area is 644 Å². The van der Waals surface area contributed by atoms with Crippen LogP contribution in [-0.2, 0) is 36.4 Å². The Morgan fingerprint density at radius 1 is 0.434 bits per heavy atom. The van der Waals surface area contributed by atoms with Crippen LogP contribution in [0.15, 0.2) is 121 Å². The highest BCUT2D eigenvalue weighted by molar-refractivity contribution is 14.1. The van der Waals surface area contributed by atoms with Crippen molar-refractivity contribution < 1.29 is 55.5 Å². The van der Waals surface area contributed by atoms with Crippen molar-refractivity contribution in [3.05, 3.63) is 223 Å². The number of allylic oxidation sites excluding steroid dienone is 3. The van der Waals surface area contributed by atoms with Crippen molar-refractivity contribution in [3.8, 4) is 18.2 Å². The lowest BCUT2D eigenvalue weighted by Crippen LogP contribution is -2.26. The van der Waals surface area contributed by atoms with Crippen LogP contribution in [0.5, 0.6) is 0 Å². The van der Waals surface area contributed by atoms with Crippen LogP contribution in [-0.4, -0.2) is 72.0 Å². The van der Waals surface area contributed by atoms with Gasteiger partial charge in [-0.05, 0) is 239 Å². The van der Waals surface area contributed by atoms with Gasteiger partial charge in [0, 0.05) is 88.5 Å². The van der Waals surface area contributed by atoms with Gasteiger partial charge in [0.1, 0.15) is 11.4 Å². The molecular formula is C74H68Cl4IN11O12P4+2. The van der Waals surface area contributed by atoms with Crippen LogP contribution in [0.25, 0.3) is 61.8 Å². The zero-order valence-electron chi connectivity index (χ0n) is 58.5. The highest BCUT2D eigenvalue weighted by Gasteiger charge is 2.40. The Hall–Kier alpha value is -9.34. The van der Waals surface area contributed by atoms with Crippen LogP contribution in [0.2, 0.25) is 20.1 Å². The summed E-state index contributed by atoms with van der Waals surface area (Å²) in [6, 6.07) is 36.2. The first kappa shape index (κ1) is 83.9. The highest BCUT2D eigenvalue weighted by atomic mass is 127. The smallest absolute Gasteiger partial charge is 0.364 e. The summed E-state index contributed by atoms with van der Waals surface area (Å²) in [5, 5.41) is 32.0. The van der Waals surface area contributed by atoms with Gasteiger partial charge < -0.3 is 51.9 Å². The average molecular weight is 1700 g/mol. The molecule has 23 nitrogen and oxygen atoms in total. The molecule has 32 heteroatoms. The fraction of sp³-hybridized carbons (Fsp3) is 0.149. The zero-order valence-corrected chi connectivity index (χ0v) is 67.3. The molecule has 0 radical (unpaired) electrons. The van der Waals surface area contributed by atoms with E-state index in [-0.39, 0.29) is 44.0 Å². The number of carbonyl (C=O) groups excluding carboxylic acids is 4. The fourth-order valence-electron chi connectivity index (χ4n) is 11.5. The summed E-state index contributed by atoms with van der Waals surface area (Å²) < 4.78 is 74.4. The van der Waals surface area contributed by atoms with Crippen LogP contribution in [0.1, 0.15) is 97.6 Å². The molecule has 4 aromatic heterocycles. The topological polar surface area (TPSA) is 412 Å². The third-order valence-corrected chi connectivity index (χ3v) is 25.8. The van der Waals surface area contributed by atoms with E-state index in [1.54, 1.807) is 113 Å². The second-order valence-corrected chi connectivity index (χ2v) is 33.6. The number of halogens is 5. The van der Waals surface area contributed by atoms with E-state index < -0.39 is 54.4 Å². The largest absolute Gasteiger partial charge is 0.551 e. The van der Waals surface area contributed by atoms with Crippen LogP contribution < -0.4 is 54.8 Å². The van der Waals surface area contributed by atoms with Gasteiger partial charge in [0.15, 0.2) is 11.4 Å². The van der Waals surface area contributed by atoms with Gasteiger partial charge in [-0.1, -0.05) is 64.6 Å². The van der Waals surface area contributed by atoms with Crippen molar-refractivity contribution >= 4 is 217 Å². The molecule has 0 spiro atoms. The van der Waals surface area contributed by atoms with E-state index in [1.165, 1.54) is 55.8 Å². The number of benzene rings is 7. The summed E-state index contributed by atoms with van der Waals surface area (Å²) in [6.45, 7) is 12.9. The van der Waals surface area contributed by atoms with E-state index in [9.17, 15) is 37.4 Å². The van der Waals surface area contributed by atoms with Crippen LogP contribution in [0.4, 0.5) is 0 Å². The SMILES string of the molecule is CO[P+](=O)c1c(C(N)=O)[nH]c2ccc(Cl)c(C)c12.CO[P+](=O)c1c(C(N)=O)[nH]c2ccc(Cl)c(C)c12.CO[P@@](=O)(c1cc(C)cc(/C=C/C#N)c1)c1c(C(N)=O)[nH]c2ccc(Cl)c(C)c12.CO[P@](=O)(c1cc(C)cc(/C=C/C#N)c1)c1c(C(N)=O)[nH]c2ccc(Cl)c(C)c12.Cc1cc(I)cc(/C=C/C#N)c1. The summed E-state index contributed by atoms with van der Waals surface area (Å²) in [7, 11) is -6.51. The minimum absolute atomic E-state index is 0.0196. The van der Waals surface area contributed by atoms with Gasteiger partial charge in [0.25, 0.3) is 49.0 Å². The maximum absolute atomic E-state index is 14.2. The maximum atomic E-state index is 14.2. The number of aryl methyl sites for hydroxylation is 7. The number of fused-ring (bicyclic) bond motifs is 4. The van der Waals surface area contributed by atoms with Gasteiger partial charge >= 0.3 is 16.1 Å². The van der Waals surface area contributed by atoms with E-state index in [4.69, 9.17) is 103 Å². The van der Waals surface area contributed by atoms with Crippen molar-refractivity contribution in [2.75, 3.05) is 28.4 Å². The number of hydrogen-bond donors (Lipinski definition) is 8. The lowest BCUT2D eigenvalue weighted by molar-refractivity contribution is 0.0989. The van der Waals surface area contributed by atoms with Crippen molar-refractivity contribution in [2.24, 2.45) is 22.9 Å². The van der Waals surface area contributed by atoms with Crippen LogP contribution in [0, 0.1) is 86.0 Å². The van der Waals surface area contributed by atoms with Crippen molar-refractivity contribution in [1.29, 1.82) is 15.8 Å². The van der Waals surface area contributed by atoms with E-state index in [1.807, 2.05) is 63.3 Å². The Balaban J connectivity index is 0.000000191. The predicted octanol–water partition coefficient (Wildman–Crippen LogP) is 15.5. The molecule has 4 atom stereocenters. The molecule has 0 aliphatic heterocycles. The molecule has 7 aromatic carbocycles. The first-order valence-electron chi connectivity index (χ1n) is 31.1. The molecular weight excluding hydrogens is 1630 g/mol. The number of nitrogens with two attached hydrogens (primary N) is 4. The van der Waals surface area contributed by atoms with Crippen LogP contribution in [0.3, 0.4) is 0 Å². The summed E-state index contributed by atoms with van der Waals surface area (Å²) in [5.74, 6) is -2.86. The summed E-state index contributed by atoms with van der Waals surface area (Å²) >= 11 is 26.9. The third-order valence-electron chi connectivity index (χ3n) is 16.3. The number of nitrogens with zero attached hydrogens (tertiary/aromatic N) is 3. The quantitative estimate of drug-likeness (QED) is 0.0238. The van der Waals surface area contributed by atoms with E-state index >= 15 is 0 Å². The molecule has 0 fully saturated rings. The predicted molar refractivity (Wildman–Crippen MR) is 433 cm³/mol. The minimum atomic E-state index is -3.73. The molecule has 0 bridgehead atoms. The molecule has 0 aliphatic rings. The molecule has 11 aromatic rings. The first-order chi connectivity index (χ1) is 50.1. The van der Waals surface area contributed by atoms with Crippen molar-refractivity contribution in [2.45, 2.75) is 48.5 Å².